The number of pyridine rings is 1. The molecule has 2 heterocycles. The second-order valence-electron chi connectivity index (χ2n) is 4.59. The number of amides is 1. The molecule has 0 bridgehead atoms. The number of hydrogen-bond donors (Lipinski definition) is 2. The molecule has 0 spiro atoms. The molecule has 0 aromatic carbocycles. The van der Waals surface area contributed by atoms with Crippen LogP contribution in [0.4, 0.5) is 5.82 Å². The zero-order valence-electron chi connectivity index (χ0n) is 12.6. The van der Waals surface area contributed by atoms with Gasteiger partial charge in [0, 0.05) is 24.7 Å². The van der Waals surface area contributed by atoms with E-state index in [9.17, 15) is 4.79 Å². The Kier molecular flexibility index (Phi) is 4.92. The van der Waals surface area contributed by atoms with Gasteiger partial charge in [-0.2, -0.15) is 0 Å². The fourth-order valence-corrected chi connectivity index (χ4v) is 1.88. The van der Waals surface area contributed by atoms with E-state index in [2.05, 4.69) is 20.6 Å². The molecule has 112 valence electrons. The van der Waals surface area contributed by atoms with Crippen molar-refractivity contribution in [2.75, 3.05) is 12.4 Å². The minimum absolute atomic E-state index is 0.167. The molecular weight excluding hydrogens is 268 g/mol. The zero-order chi connectivity index (χ0) is 15.2. The van der Waals surface area contributed by atoms with Crippen molar-refractivity contribution in [2.24, 2.45) is 0 Å². The Hall–Kier alpha value is -2.37. The Morgan fingerprint density at radius 3 is 2.71 bits per heavy atom. The molecule has 0 fully saturated rings. The maximum Gasteiger partial charge on any atom is 0.251 e. The highest BCUT2D eigenvalue weighted by atomic mass is 16.4. The topological polar surface area (TPSA) is 80.0 Å². The third kappa shape index (κ3) is 3.81. The second kappa shape index (κ2) is 6.88. The lowest BCUT2D eigenvalue weighted by Gasteiger charge is -2.07. The van der Waals surface area contributed by atoms with Gasteiger partial charge in [0.05, 0.1) is 12.7 Å². The maximum absolute atomic E-state index is 12.2. The molecule has 2 aromatic heterocycles. The van der Waals surface area contributed by atoms with Gasteiger partial charge in [-0.15, -0.1) is 0 Å². The Balaban J connectivity index is 2.05. The summed E-state index contributed by atoms with van der Waals surface area (Å²) in [5.41, 5.74) is 1.45. The Labute approximate surface area is 124 Å². The van der Waals surface area contributed by atoms with Crippen LogP contribution in [0.3, 0.4) is 0 Å². The highest BCUT2D eigenvalue weighted by molar-refractivity contribution is 5.94. The van der Waals surface area contributed by atoms with Crippen LogP contribution in [0.25, 0.3) is 0 Å². The Morgan fingerprint density at radius 1 is 1.29 bits per heavy atom. The van der Waals surface area contributed by atoms with E-state index >= 15 is 0 Å². The lowest BCUT2D eigenvalue weighted by molar-refractivity contribution is 0.0947. The molecule has 2 rings (SSSR count). The van der Waals surface area contributed by atoms with E-state index in [1.54, 1.807) is 25.4 Å². The van der Waals surface area contributed by atoms with Gasteiger partial charge in [-0.3, -0.25) is 4.79 Å². The lowest BCUT2D eigenvalue weighted by Crippen LogP contribution is -2.23. The number of aromatic nitrogens is 2. The Bertz CT molecular complexity index is 600. The van der Waals surface area contributed by atoms with Crippen LogP contribution < -0.4 is 10.6 Å². The number of nitrogens with one attached hydrogen (secondary N) is 2. The molecule has 0 aliphatic heterocycles. The number of carbonyl (C=O) groups excluding carboxylic acids is 1. The molecule has 0 unspecified atom stereocenters. The monoisotopic (exact) mass is 288 g/mol. The summed E-state index contributed by atoms with van der Waals surface area (Å²) in [6, 6.07) is 3.52. The van der Waals surface area contributed by atoms with Crippen LogP contribution in [0, 0.1) is 0 Å². The number of nitrogens with zero attached hydrogens (tertiary/aromatic N) is 2. The average Bonchev–Trinajstić information content (AvgIpc) is 3.00. The maximum atomic E-state index is 12.2. The second-order valence-corrected chi connectivity index (χ2v) is 4.59. The largest absolute Gasteiger partial charge is 0.444 e. The molecule has 2 aromatic rings. The minimum atomic E-state index is -0.167. The molecular formula is C15H20N4O2. The van der Waals surface area contributed by atoms with Gasteiger partial charge in [0.25, 0.3) is 5.91 Å². The van der Waals surface area contributed by atoms with Gasteiger partial charge in [-0.25, -0.2) is 9.97 Å². The summed E-state index contributed by atoms with van der Waals surface area (Å²) in [7, 11) is 1.78. The summed E-state index contributed by atoms with van der Waals surface area (Å²) in [6.45, 7) is 4.27. The first-order valence-electron chi connectivity index (χ1n) is 7.06. The van der Waals surface area contributed by atoms with E-state index in [4.69, 9.17) is 4.42 Å². The zero-order valence-corrected chi connectivity index (χ0v) is 12.6. The van der Waals surface area contributed by atoms with E-state index < -0.39 is 0 Å². The van der Waals surface area contributed by atoms with Gasteiger partial charge < -0.3 is 15.1 Å². The average molecular weight is 288 g/mol. The van der Waals surface area contributed by atoms with Gasteiger partial charge in [-0.1, -0.05) is 13.8 Å². The summed E-state index contributed by atoms with van der Waals surface area (Å²) in [5.74, 6) is 1.84. The summed E-state index contributed by atoms with van der Waals surface area (Å²) in [6.07, 6.45) is 3.24. The van der Waals surface area contributed by atoms with Crippen LogP contribution in [-0.4, -0.2) is 22.9 Å². The highest BCUT2D eigenvalue weighted by Crippen LogP contribution is 2.11. The van der Waals surface area contributed by atoms with Gasteiger partial charge >= 0.3 is 0 Å². The van der Waals surface area contributed by atoms with Gasteiger partial charge in [0.1, 0.15) is 11.6 Å². The molecule has 6 nitrogen and oxygen atoms in total. The quantitative estimate of drug-likeness (QED) is 0.851. The van der Waals surface area contributed by atoms with E-state index in [1.807, 2.05) is 13.8 Å². The van der Waals surface area contributed by atoms with E-state index in [-0.39, 0.29) is 12.5 Å². The van der Waals surface area contributed by atoms with Crippen molar-refractivity contribution in [1.82, 2.24) is 15.3 Å². The standard InChI is InChI=1S/C15H20N4O2/c1-4-11-6-10(7-13(16-3)19-11)15(20)18-9-14-17-8-12(5-2)21-14/h6-8H,4-5,9H2,1-3H3,(H,16,19)(H,18,20). The number of oxazole rings is 1. The molecule has 0 saturated carbocycles. The van der Waals surface area contributed by atoms with Crippen LogP contribution in [0.5, 0.6) is 0 Å². The SMILES string of the molecule is CCc1cc(C(=O)NCc2ncc(CC)o2)cc(NC)n1. The first kappa shape index (κ1) is 15.0. The molecule has 1 amide bonds. The van der Waals surface area contributed by atoms with Crippen LogP contribution in [0.1, 0.15) is 41.6 Å². The fraction of sp³-hybridized carbons (Fsp3) is 0.400. The van der Waals surface area contributed by atoms with Crippen molar-refractivity contribution in [1.29, 1.82) is 0 Å². The van der Waals surface area contributed by atoms with E-state index in [0.29, 0.717) is 17.3 Å². The molecule has 0 saturated heterocycles. The highest BCUT2D eigenvalue weighted by Gasteiger charge is 2.10. The normalized spacial score (nSPS) is 10.4. The summed E-state index contributed by atoms with van der Waals surface area (Å²) >= 11 is 0. The number of hydrogen-bond acceptors (Lipinski definition) is 5. The predicted molar refractivity (Wildman–Crippen MR) is 80.2 cm³/mol. The molecule has 0 radical (unpaired) electrons. The third-order valence-corrected chi connectivity index (χ3v) is 3.11. The molecule has 0 aliphatic rings. The fourth-order valence-electron chi connectivity index (χ4n) is 1.88. The third-order valence-electron chi connectivity index (χ3n) is 3.11. The van der Waals surface area contributed by atoms with Crippen molar-refractivity contribution in [2.45, 2.75) is 33.2 Å². The summed E-state index contributed by atoms with van der Waals surface area (Å²) in [5, 5.41) is 5.76. The molecule has 6 heteroatoms. The number of anilines is 1. The lowest BCUT2D eigenvalue weighted by atomic mass is 10.2. The van der Waals surface area contributed by atoms with Crippen molar-refractivity contribution < 1.29 is 9.21 Å². The van der Waals surface area contributed by atoms with Crippen LogP contribution in [0.15, 0.2) is 22.7 Å². The van der Waals surface area contributed by atoms with Gasteiger partial charge in [0.2, 0.25) is 5.89 Å². The smallest absolute Gasteiger partial charge is 0.251 e. The Morgan fingerprint density at radius 2 is 2.10 bits per heavy atom. The van der Waals surface area contributed by atoms with Gasteiger partial charge in [0.15, 0.2) is 0 Å². The van der Waals surface area contributed by atoms with Gasteiger partial charge in [-0.05, 0) is 18.6 Å². The summed E-state index contributed by atoms with van der Waals surface area (Å²) in [4.78, 5) is 20.7. The molecule has 0 atom stereocenters. The minimum Gasteiger partial charge on any atom is -0.444 e. The van der Waals surface area contributed by atoms with Crippen molar-refractivity contribution in [3.05, 3.63) is 41.2 Å². The predicted octanol–water partition coefficient (Wildman–Crippen LogP) is 2.17. The number of aryl methyl sites for hydroxylation is 2. The molecule has 2 N–H and O–H groups in total. The summed E-state index contributed by atoms with van der Waals surface area (Å²) < 4.78 is 5.46. The van der Waals surface area contributed by atoms with Crippen molar-refractivity contribution in [3.63, 3.8) is 0 Å². The van der Waals surface area contributed by atoms with Crippen LogP contribution in [0.2, 0.25) is 0 Å². The number of rotatable bonds is 6. The van der Waals surface area contributed by atoms with E-state index in [0.717, 1.165) is 24.3 Å². The van der Waals surface area contributed by atoms with E-state index in [1.165, 1.54) is 0 Å². The van der Waals surface area contributed by atoms with Crippen LogP contribution in [-0.2, 0) is 19.4 Å². The number of carbonyl (C=O) groups is 1. The first-order valence-corrected chi connectivity index (χ1v) is 7.06. The van der Waals surface area contributed by atoms with Crippen molar-refractivity contribution >= 4 is 11.7 Å². The molecule has 0 aliphatic carbocycles. The molecule has 21 heavy (non-hydrogen) atoms. The van der Waals surface area contributed by atoms with Crippen molar-refractivity contribution in [3.8, 4) is 0 Å². The first-order chi connectivity index (χ1) is 10.2. The van der Waals surface area contributed by atoms with Crippen LogP contribution >= 0.6 is 0 Å².